The Labute approximate surface area is 224 Å². The summed E-state index contributed by atoms with van der Waals surface area (Å²) in [5, 5.41) is 17.2. The Balaban J connectivity index is 1.47. The first-order chi connectivity index (χ1) is 18.3. The Morgan fingerprint density at radius 1 is 1.08 bits per heavy atom. The first-order valence-electron chi connectivity index (χ1n) is 11.5. The molecule has 0 radical (unpaired) electrons. The number of aromatic nitrogens is 3. The van der Waals surface area contributed by atoms with Gasteiger partial charge in [-0.1, -0.05) is 41.6 Å². The number of hydrogen-bond acceptors (Lipinski definition) is 9. The zero-order chi connectivity index (χ0) is 27.1. The molecule has 0 unspecified atom stereocenters. The number of sulfonamides is 1. The lowest BCUT2D eigenvalue weighted by Crippen LogP contribution is -2.25. The van der Waals surface area contributed by atoms with Crippen LogP contribution in [0.15, 0.2) is 71.1 Å². The van der Waals surface area contributed by atoms with Gasteiger partial charge in [-0.05, 0) is 41.8 Å². The molecule has 0 saturated carbocycles. The van der Waals surface area contributed by atoms with Crippen LogP contribution in [0.5, 0.6) is 11.5 Å². The number of carbonyl (C=O) groups excluding carboxylic acids is 1. The maximum Gasteiger partial charge on any atom is 0.250 e. The predicted molar refractivity (Wildman–Crippen MR) is 141 cm³/mol. The minimum atomic E-state index is -3.77. The molecule has 4 aromatic rings. The van der Waals surface area contributed by atoms with Gasteiger partial charge in [-0.3, -0.25) is 10.0 Å². The van der Waals surface area contributed by atoms with E-state index in [0.29, 0.717) is 23.6 Å². The summed E-state index contributed by atoms with van der Waals surface area (Å²) >= 11 is 1.18. The highest BCUT2D eigenvalue weighted by molar-refractivity contribution is 7.91. The first kappa shape index (κ1) is 27.3. The van der Waals surface area contributed by atoms with Gasteiger partial charge in [0.1, 0.15) is 4.21 Å². The molecule has 0 saturated heterocycles. The summed E-state index contributed by atoms with van der Waals surface area (Å²) in [7, 11) is -0.705. The molecule has 1 atom stereocenters. The molecule has 38 heavy (non-hydrogen) atoms. The van der Waals surface area contributed by atoms with Gasteiger partial charge in [0.25, 0.3) is 0 Å². The van der Waals surface area contributed by atoms with E-state index in [4.69, 9.17) is 14.7 Å². The van der Waals surface area contributed by atoms with Crippen LogP contribution in [-0.4, -0.2) is 48.7 Å². The summed E-state index contributed by atoms with van der Waals surface area (Å²) < 4.78 is 40.6. The van der Waals surface area contributed by atoms with Crippen LogP contribution in [0.1, 0.15) is 23.7 Å². The number of rotatable bonds is 12. The molecule has 13 heteroatoms. The Morgan fingerprint density at radius 2 is 1.84 bits per heavy atom. The Morgan fingerprint density at radius 3 is 2.55 bits per heavy atom. The second-order valence-electron chi connectivity index (χ2n) is 8.29. The van der Waals surface area contributed by atoms with Crippen molar-refractivity contribution in [2.75, 3.05) is 14.2 Å². The van der Waals surface area contributed by atoms with Crippen LogP contribution >= 0.6 is 11.3 Å². The summed E-state index contributed by atoms with van der Waals surface area (Å²) in [5.74, 6) is 0.506. The van der Waals surface area contributed by atoms with E-state index in [1.54, 1.807) is 35.9 Å². The number of thiophene rings is 1. The molecule has 4 rings (SSSR count). The number of nitrogens with one attached hydrogen (secondary N) is 2. The second-order valence-corrected chi connectivity index (χ2v) is 11.4. The number of carbonyl (C=O) groups is 1. The van der Waals surface area contributed by atoms with Gasteiger partial charge in [0.2, 0.25) is 15.9 Å². The van der Waals surface area contributed by atoms with Crippen molar-refractivity contribution in [3.8, 4) is 21.9 Å². The summed E-state index contributed by atoms with van der Waals surface area (Å²) in [6.07, 6.45) is 1.85. The van der Waals surface area contributed by atoms with Crippen molar-refractivity contribution >= 4 is 27.3 Å². The molecule has 0 aliphatic rings. The van der Waals surface area contributed by atoms with Crippen molar-refractivity contribution in [1.29, 1.82) is 0 Å². The van der Waals surface area contributed by atoms with E-state index in [1.165, 1.54) is 30.2 Å². The van der Waals surface area contributed by atoms with E-state index >= 15 is 0 Å². The normalized spacial score (nSPS) is 12.2. The highest BCUT2D eigenvalue weighted by Gasteiger charge is 2.21. The van der Waals surface area contributed by atoms with E-state index in [0.717, 1.165) is 16.0 Å². The second kappa shape index (κ2) is 12.2. The van der Waals surface area contributed by atoms with Gasteiger partial charge in [0.05, 0.1) is 45.1 Å². The number of nitrogens with zero attached hydrogens (tertiary/aromatic N) is 3. The molecular weight excluding hydrogens is 530 g/mol. The van der Waals surface area contributed by atoms with E-state index in [1.807, 2.05) is 36.4 Å². The topological polar surface area (TPSA) is 145 Å². The number of methoxy groups -OCH3 is 2. The van der Waals surface area contributed by atoms with Gasteiger partial charge in [0, 0.05) is 4.88 Å². The Bertz CT molecular complexity index is 1490. The van der Waals surface area contributed by atoms with Crippen LogP contribution < -0.4 is 19.7 Å². The molecular formula is C25H27N5O6S2. The summed E-state index contributed by atoms with van der Waals surface area (Å²) in [5.41, 5.74) is 3.79. The largest absolute Gasteiger partial charge is 0.493 e. The fraction of sp³-hybridized carbons (Fsp3) is 0.240. The van der Waals surface area contributed by atoms with Gasteiger partial charge in [-0.2, -0.15) is 0 Å². The molecule has 2 heterocycles. The van der Waals surface area contributed by atoms with Gasteiger partial charge in [0.15, 0.2) is 11.5 Å². The fourth-order valence-corrected chi connectivity index (χ4v) is 6.19. The van der Waals surface area contributed by atoms with Crippen molar-refractivity contribution in [3.63, 3.8) is 0 Å². The molecule has 0 spiro atoms. The molecule has 200 valence electrons. The van der Waals surface area contributed by atoms with Crippen LogP contribution in [0.25, 0.3) is 10.4 Å². The van der Waals surface area contributed by atoms with E-state index < -0.39 is 22.0 Å². The Hall–Kier alpha value is -3.78. The predicted octanol–water partition coefficient (Wildman–Crippen LogP) is 3.18. The highest BCUT2D eigenvalue weighted by Crippen LogP contribution is 2.31. The lowest BCUT2D eigenvalue weighted by molar-refractivity contribution is -0.130. The van der Waals surface area contributed by atoms with Crippen molar-refractivity contribution < 1.29 is 27.9 Å². The Kier molecular flexibility index (Phi) is 8.73. The molecule has 3 N–H and O–H groups in total. The van der Waals surface area contributed by atoms with Crippen LogP contribution in [0.4, 0.5) is 0 Å². The monoisotopic (exact) mass is 557 g/mol. The summed E-state index contributed by atoms with van der Waals surface area (Å²) in [6.45, 7) is -0.0871. The third-order valence-electron chi connectivity index (χ3n) is 5.74. The first-order valence-corrected chi connectivity index (χ1v) is 13.8. The highest BCUT2D eigenvalue weighted by atomic mass is 32.2. The van der Waals surface area contributed by atoms with Crippen molar-refractivity contribution in [1.82, 2.24) is 25.2 Å². The third kappa shape index (κ3) is 6.55. The zero-order valence-electron chi connectivity index (χ0n) is 20.7. The average Bonchev–Trinajstić information content (AvgIpc) is 3.63. The standard InChI is InChI=1S/C25H27N5O6S2/c1-35-21-9-8-17(13-22(21)36-2)12-20(14-24(31)28-32)30-16-19(27-29-30)15-26-38(33,34)25-11-10-23(37-25)18-6-4-3-5-7-18/h3-11,13,16,20,26,32H,12,14-15H2,1-2H3,(H,28,31)/t20-/m0/s1. The maximum absolute atomic E-state index is 12.9. The molecule has 0 aliphatic heterocycles. The number of benzene rings is 2. The fourth-order valence-electron chi connectivity index (χ4n) is 3.83. The minimum Gasteiger partial charge on any atom is -0.493 e. The van der Waals surface area contributed by atoms with Crippen molar-refractivity contribution in [2.45, 2.75) is 29.6 Å². The number of hydrogen-bond donors (Lipinski definition) is 3. The number of hydroxylamine groups is 1. The van der Waals surface area contributed by atoms with Crippen molar-refractivity contribution in [2.24, 2.45) is 0 Å². The lowest BCUT2D eigenvalue weighted by Gasteiger charge is -2.17. The molecule has 0 bridgehead atoms. The number of ether oxygens (including phenoxy) is 2. The van der Waals surface area contributed by atoms with Crippen LogP contribution in [0.3, 0.4) is 0 Å². The van der Waals surface area contributed by atoms with E-state index in [-0.39, 0.29) is 17.2 Å². The molecule has 0 fully saturated rings. The van der Waals surface area contributed by atoms with Crippen LogP contribution in [0, 0.1) is 0 Å². The number of amides is 1. The quantitative estimate of drug-likeness (QED) is 0.178. The molecule has 2 aromatic heterocycles. The summed E-state index contributed by atoms with van der Waals surface area (Å²) in [4.78, 5) is 12.8. The lowest BCUT2D eigenvalue weighted by atomic mass is 10.0. The molecule has 1 amide bonds. The molecule has 11 nitrogen and oxygen atoms in total. The van der Waals surface area contributed by atoms with Gasteiger partial charge in [-0.15, -0.1) is 16.4 Å². The summed E-state index contributed by atoms with van der Waals surface area (Å²) in [6, 6.07) is 17.7. The van der Waals surface area contributed by atoms with Gasteiger partial charge < -0.3 is 9.47 Å². The molecule has 2 aromatic carbocycles. The smallest absolute Gasteiger partial charge is 0.250 e. The van der Waals surface area contributed by atoms with Gasteiger partial charge in [-0.25, -0.2) is 23.3 Å². The molecule has 0 aliphatic carbocycles. The third-order valence-corrected chi connectivity index (χ3v) is 8.77. The van der Waals surface area contributed by atoms with Crippen LogP contribution in [-0.2, 0) is 27.8 Å². The average molecular weight is 558 g/mol. The van der Waals surface area contributed by atoms with E-state index in [9.17, 15) is 13.2 Å². The van der Waals surface area contributed by atoms with Crippen molar-refractivity contribution in [3.05, 3.63) is 78.1 Å². The van der Waals surface area contributed by atoms with Crippen LogP contribution in [0.2, 0.25) is 0 Å². The maximum atomic E-state index is 12.9. The van der Waals surface area contributed by atoms with E-state index in [2.05, 4.69) is 15.0 Å². The minimum absolute atomic E-state index is 0.0865. The zero-order valence-corrected chi connectivity index (χ0v) is 22.3. The van der Waals surface area contributed by atoms with Gasteiger partial charge >= 0.3 is 0 Å². The SMILES string of the molecule is COc1ccc(C[C@@H](CC(=O)NO)n2cc(CNS(=O)(=O)c3ccc(-c4ccccc4)s3)nn2)cc1OC.